The Morgan fingerprint density at radius 3 is 2.60 bits per heavy atom. The Labute approximate surface area is 93.7 Å². The van der Waals surface area contributed by atoms with Crippen LogP contribution in [0, 0.1) is 0 Å². The summed E-state index contributed by atoms with van der Waals surface area (Å²) in [6.07, 6.45) is 3.46. The molecule has 0 heterocycles. The minimum Gasteiger partial charge on any atom is -0.480 e. The fraction of sp³-hybridized carbons (Fsp3) is 0.875. The highest BCUT2D eigenvalue weighted by Crippen LogP contribution is 2.27. The highest BCUT2D eigenvalue weighted by atomic mass is 32.2. The maximum atomic E-state index is 11.5. The summed E-state index contributed by atoms with van der Waals surface area (Å²) < 4.78 is 25.2. The van der Waals surface area contributed by atoms with Crippen LogP contribution in [0.4, 0.5) is 0 Å². The first kappa shape index (κ1) is 12.8. The summed E-state index contributed by atoms with van der Waals surface area (Å²) in [6, 6.07) is -0.983. The molecule has 0 aromatic rings. The number of nitrogens with one attached hydrogen (secondary N) is 1. The van der Waals surface area contributed by atoms with Crippen molar-refractivity contribution in [2.75, 3.05) is 12.0 Å². The van der Waals surface area contributed by atoms with E-state index in [-0.39, 0.29) is 5.25 Å². The van der Waals surface area contributed by atoms with E-state index < -0.39 is 22.0 Å². The van der Waals surface area contributed by atoms with E-state index >= 15 is 0 Å². The van der Waals surface area contributed by atoms with Gasteiger partial charge >= 0.3 is 5.97 Å². The number of hydrogen-bond donors (Lipinski definition) is 2. The Hall–Kier alpha value is -0.270. The van der Waals surface area contributed by atoms with Crippen LogP contribution < -0.4 is 4.72 Å². The number of aliphatic carboxylic acids is 1. The van der Waals surface area contributed by atoms with Crippen LogP contribution in [0.3, 0.4) is 0 Å². The first-order valence-corrected chi connectivity index (χ1v) is 7.64. The summed E-state index contributed by atoms with van der Waals surface area (Å²) in [4.78, 5) is 10.8. The van der Waals surface area contributed by atoms with Crippen LogP contribution in [0.2, 0.25) is 0 Å². The third-order valence-electron chi connectivity index (χ3n) is 2.18. The molecule has 0 radical (unpaired) electrons. The van der Waals surface area contributed by atoms with Crippen LogP contribution >= 0.6 is 11.8 Å². The minimum atomic E-state index is -3.40. The lowest BCUT2D eigenvalue weighted by Crippen LogP contribution is -2.42. The SMILES string of the molecule is CSCC[C@@H](NS(=O)(=O)C1CC1)C(=O)O. The number of carboxylic acids is 1. The van der Waals surface area contributed by atoms with E-state index in [1.165, 1.54) is 11.8 Å². The van der Waals surface area contributed by atoms with Gasteiger partial charge in [-0.2, -0.15) is 11.8 Å². The molecule has 1 rings (SSSR count). The molecule has 7 heteroatoms. The molecule has 0 bridgehead atoms. The van der Waals surface area contributed by atoms with Crippen LogP contribution in [-0.2, 0) is 14.8 Å². The maximum absolute atomic E-state index is 11.5. The third-order valence-corrected chi connectivity index (χ3v) is 4.78. The van der Waals surface area contributed by atoms with E-state index in [1.54, 1.807) is 0 Å². The van der Waals surface area contributed by atoms with Crippen molar-refractivity contribution in [3.63, 3.8) is 0 Å². The van der Waals surface area contributed by atoms with Crippen molar-refractivity contribution >= 4 is 27.8 Å². The van der Waals surface area contributed by atoms with Crippen LogP contribution in [0.5, 0.6) is 0 Å². The highest BCUT2D eigenvalue weighted by Gasteiger charge is 2.38. The Bertz CT molecular complexity index is 324. The van der Waals surface area contributed by atoms with E-state index in [0.717, 1.165) is 0 Å². The molecule has 88 valence electrons. The van der Waals surface area contributed by atoms with Crippen molar-refractivity contribution in [1.29, 1.82) is 0 Å². The zero-order valence-corrected chi connectivity index (χ0v) is 10.1. The predicted molar refractivity (Wildman–Crippen MR) is 59.5 cm³/mol. The molecule has 1 aliphatic carbocycles. The van der Waals surface area contributed by atoms with Crippen LogP contribution in [0.25, 0.3) is 0 Å². The van der Waals surface area contributed by atoms with Gasteiger partial charge in [0, 0.05) is 0 Å². The molecule has 1 aliphatic rings. The van der Waals surface area contributed by atoms with Gasteiger partial charge in [-0.15, -0.1) is 0 Å². The first-order chi connectivity index (χ1) is 6.97. The van der Waals surface area contributed by atoms with Crippen molar-refractivity contribution in [1.82, 2.24) is 4.72 Å². The quantitative estimate of drug-likeness (QED) is 0.680. The van der Waals surface area contributed by atoms with Crippen molar-refractivity contribution < 1.29 is 18.3 Å². The second kappa shape index (κ2) is 5.18. The zero-order chi connectivity index (χ0) is 11.5. The monoisotopic (exact) mass is 253 g/mol. The molecule has 0 aliphatic heterocycles. The fourth-order valence-electron chi connectivity index (χ4n) is 1.14. The summed E-state index contributed by atoms with van der Waals surface area (Å²) in [5.74, 6) is -0.474. The molecule has 1 fully saturated rings. The summed E-state index contributed by atoms with van der Waals surface area (Å²) in [7, 11) is -3.40. The fourth-order valence-corrected chi connectivity index (χ4v) is 3.18. The maximum Gasteiger partial charge on any atom is 0.321 e. The Balaban J connectivity index is 2.53. The lowest BCUT2D eigenvalue weighted by atomic mass is 10.2. The Morgan fingerprint density at radius 2 is 2.20 bits per heavy atom. The molecule has 0 spiro atoms. The van der Waals surface area contributed by atoms with Gasteiger partial charge in [0.1, 0.15) is 6.04 Å². The van der Waals surface area contributed by atoms with Gasteiger partial charge in [0.05, 0.1) is 5.25 Å². The second-order valence-corrected chi connectivity index (χ2v) is 6.51. The van der Waals surface area contributed by atoms with E-state index in [2.05, 4.69) is 4.72 Å². The van der Waals surface area contributed by atoms with Gasteiger partial charge in [-0.05, 0) is 31.3 Å². The Morgan fingerprint density at radius 1 is 1.60 bits per heavy atom. The number of carbonyl (C=O) groups is 1. The van der Waals surface area contributed by atoms with Gasteiger partial charge in [0.25, 0.3) is 0 Å². The first-order valence-electron chi connectivity index (χ1n) is 4.70. The van der Waals surface area contributed by atoms with Gasteiger partial charge in [0.15, 0.2) is 0 Å². The number of carboxylic acid groups (broad SMARTS) is 1. The summed E-state index contributed by atoms with van der Waals surface area (Å²) >= 11 is 1.50. The largest absolute Gasteiger partial charge is 0.480 e. The smallest absolute Gasteiger partial charge is 0.321 e. The molecule has 0 unspecified atom stereocenters. The molecule has 0 amide bonds. The molecule has 0 saturated heterocycles. The van der Waals surface area contributed by atoms with Crippen LogP contribution in [0.1, 0.15) is 19.3 Å². The minimum absolute atomic E-state index is 0.322. The molecule has 2 N–H and O–H groups in total. The lowest BCUT2D eigenvalue weighted by molar-refractivity contribution is -0.139. The molecule has 1 saturated carbocycles. The molecule has 0 aromatic carbocycles. The lowest BCUT2D eigenvalue weighted by Gasteiger charge is -2.13. The third kappa shape index (κ3) is 4.00. The standard InChI is InChI=1S/C8H15NO4S2/c1-14-5-4-7(8(10)11)9-15(12,13)6-2-3-6/h6-7,9H,2-5H2,1H3,(H,10,11)/t7-/m1/s1. The number of rotatable bonds is 7. The molecule has 0 aromatic heterocycles. The molecular formula is C8H15NO4S2. The van der Waals surface area contributed by atoms with E-state index in [9.17, 15) is 13.2 Å². The van der Waals surface area contributed by atoms with E-state index in [4.69, 9.17) is 5.11 Å². The average molecular weight is 253 g/mol. The van der Waals surface area contributed by atoms with Gasteiger partial charge in [-0.1, -0.05) is 0 Å². The number of hydrogen-bond acceptors (Lipinski definition) is 4. The van der Waals surface area contributed by atoms with Crippen molar-refractivity contribution in [2.24, 2.45) is 0 Å². The average Bonchev–Trinajstić information content (AvgIpc) is 2.94. The normalized spacial score (nSPS) is 18.7. The van der Waals surface area contributed by atoms with Gasteiger partial charge in [-0.3, -0.25) is 4.79 Å². The van der Waals surface area contributed by atoms with Gasteiger partial charge < -0.3 is 5.11 Å². The summed E-state index contributed by atoms with van der Waals surface area (Å²) in [5.41, 5.74) is 0. The van der Waals surface area contributed by atoms with Crippen LogP contribution in [-0.4, -0.2) is 42.8 Å². The Kier molecular flexibility index (Phi) is 4.42. The summed E-state index contributed by atoms with van der Waals surface area (Å²) in [6.45, 7) is 0. The molecular weight excluding hydrogens is 238 g/mol. The van der Waals surface area contributed by atoms with Crippen molar-refractivity contribution in [3.05, 3.63) is 0 Å². The van der Waals surface area contributed by atoms with Crippen molar-refractivity contribution in [2.45, 2.75) is 30.6 Å². The highest BCUT2D eigenvalue weighted by molar-refractivity contribution is 7.98. The van der Waals surface area contributed by atoms with Gasteiger partial charge in [-0.25, -0.2) is 13.1 Å². The van der Waals surface area contributed by atoms with E-state index in [0.29, 0.717) is 25.0 Å². The topological polar surface area (TPSA) is 83.5 Å². The zero-order valence-electron chi connectivity index (χ0n) is 8.47. The molecule has 15 heavy (non-hydrogen) atoms. The predicted octanol–water partition coefficient (Wildman–Crippen LogP) is 0.274. The number of thioether (sulfide) groups is 1. The molecule has 1 atom stereocenters. The van der Waals surface area contributed by atoms with Gasteiger partial charge in [0.2, 0.25) is 10.0 Å². The van der Waals surface area contributed by atoms with Crippen LogP contribution in [0.15, 0.2) is 0 Å². The van der Waals surface area contributed by atoms with Crippen molar-refractivity contribution in [3.8, 4) is 0 Å². The number of sulfonamides is 1. The second-order valence-electron chi connectivity index (χ2n) is 3.53. The summed E-state index contributed by atoms with van der Waals surface area (Å²) in [5, 5.41) is 8.46. The van der Waals surface area contributed by atoms with E-state index in [1.807, 2.05) is 6.26 Å². The molecule has 5 nitrogen and oxygen atoms in total.